The van der Waals surface area contributed by atoms with E-state index in [2.05, 4.69) is 31.9 Å². The topological polar surface area (TPSA) is 39.1 Å². The zero-order valence-corrected chi connectivity index (χ0v) is 19.3. The van der Waals surface area contributed by atoms with Crippen molar-refractivity contribution in [1.82, 2.24) is 3.97 Å². The zero-order valence-electron chi connectivity index (χ0n) is 15.3. The molecule has 0 aliphatic rings. The van der Waals surface area contributed by atoms with Crippen LogP contribution < -0.4 is 0 Å². The average Bonchev–Trinajstić information content (AvgIpc) is 3.08. The minimum atomic E-state index is -3.74. The van der Waals surface area contributed by atoms with Crippen molar-refractivity contribution >= 4 is 64.9 Å². The Balaban J connectivity index is 1.97. The molecule has 0 spiro atoms. The fourth-order valence-electron chi connectivity index (χ4n) is 3.36. The fourth-order valence-corrected chi connectivity index (χ4v) is 6.08. The molecule has 1 heterocycles. The van der Waals surface area contributed by atoms with E-state index in [1.807, 2.05) is 66.7 Å². The number of fused-ring (bicyclic) bond motifs is 1. The van der Waals surface area contributed by atoms with Gasteiger partial charge in [0.25, 0.3) is 10.0 Å². The van der Waals surface area contributed by atoms with Gasteiger partial charge in [-0.3, -0.25) is 0 Å². The fraction of sp³-hybridized carbons (Fsp3) is 0.0435. The Labute approximate surface area is 187 Å². The molecule has 0 unspecified atom stereocenters. The number of halogens is 2. The predicted octanol–water partition coefficient (Wildman–Crippen LogP) is 6.71. The first-order chi connectivity index (χ1) is 14.0. The standard InChI is InChI=1S/C23H17Br2NO2S/c24-16-23-20(15-14-17-8-4-6-12-21(17)25)19-11-5-7-13-22(19)26(23)29(27,28)18-9-2-1-3-10-18/h1-15H,16H2/b15-14+. The summed E-state index contributed by atoms with van der Waals surface area (Å²) in [6.45, 7) is 0. The van der Waals surface area contributed by atoms with Crippen LogP contribution >= 0.6 is 31.9 Å². The molecule has 0 saturated carbocycles. The van der Waals surface area contributed by atoms with Crippen LogP contribution in [0.5, 0.6) is 0 Å². The summed E-state index contributed by atoms with van der Waals surface area (Å²) in [5.74, 6) is 0. The largest absolute Gasteiger partial charge is 0.268 e. The van der Waals surface area contributed by atoms with Gasteiger partial charge in [-0.05, 0) is 29.8 Å². The quantitative estimate of drug-likeness (QED) is 0.269. The maximum absolute atomic E-state index is 13.5. The second-order valence-electron chi connectivity index (χ2n) is 6.45. The molecule has 1 aromatic heterocycles. The van der Waals surface area contributed by atoms with Gasteiger partial charge in [-0.15, -0.1) is 0 Å². The highest BCUT2D eigenvalue weighted by atomic mass is 79.9. The second kappa shape index (κ2) is 8.30. The molecular formula is C23H17Br2NO2S. The summed E-state index contributed by atoms with van der Waals surface area (Å²) in [7, 11) is -3.74. The van der Waals surface area contributed by atoms with E-state index in [4.69, 9.17) is 0 Å². The highest BCUT2D eigenvalue weighted by molar-refractivity contribution is 9.10. The van der Waals surface area contributed by atoms with Crippen molar-refractivity contribution < 1.29 is 8.42 Å². The molecule has 0 N–H and O–H groups in total. The summed E-state index contributed by atoms with van der Waals surface area (Å²) in [6, 6.07) is 24.0. The molecule has 0 amide bonds. The Morgan fingerprint density at radius 2 is 1.48 bits per heavy atom. The molecule has 0 atom stereocenters. The van der Waals surface area contributed by atoms with Crippen LogP contribution in [-0.4, -0.2) is 12.4 Å². The number of aromatic nitrogens is 1. The summed E-state index contributed by atoms with van der Waals surface area (Å²) < 4.78 is 29.4. The Hall–Kier alpha value is -2.15. The lowest BCUT2D eigenvalue weighted by Gasteiger charge is -2.11. The molecule has 4 aromatic rings. The number of benzene rings is 3. The third-order valence-electron chi connectivity index (χ3n) is 4.71. The van der Waals surface area contributed by atoms with Crippen LogP contribution in [0.1, 0.15) is 16.8 Å². The van der Waals surface area contributed by atoms with E-state index in [1.165, 1.54) is 3.97 Å². The Morgan fingerprint density at radius 1 is 0.828 bits per heavy atom. The Bertz CT molecular complexity index is 1310. The smallest absolute Gasteiger partial charge is 0.236 e. The van der Waals surface area contributed by atoms with Crippen molar-refractivity contribution in [2.24, 2.45) is 0 Å². The summed E-state index contributed by atoms with van der Waals surface area (Å²) >= 11 is 7.08. The van der Waals surface area contributed by atoms with Crippen molar-refractivity contribution in [3.05, 3.63) is 100 Å². The molecule has 0 aliphatic heterocycles. The average molecular weight is 531 g/mol. The summed E-state index contributed by atoms with van der Waals surface area (Å²) in [4.78, 5) is 0.268. The molecule has 0 fully saturated rings. The van der Waals surface area contributed by atoms with Crippen LogP contribution in [0.25, 0.3) is 23.1 Å². The van der Waals surface area contributed by atoms with Crippen LogP contribution in [0.2, 0.25) is 0 Å². The van der Waals surface area contributed by atoms with E-state index in [9.17, 15) is 8.42 Å². The van der Waals surface area contributed by atoms with Gasteiger partial charge in [0.2, 0.25) is 0 Å². The zero-order chi connectivity index (χ0) is 20.4. The highest BCUT2D eigenvalue weighted by Gasteiger charge is 2.25. The lowest BCUT2D eigenvalue weighted by molar-refractivity contribution is 0.588. The summed E-state index contributed by atoms with van der Waals surface area (Å²) in [5, 5.41) is 1.30. The Kier molecular flexibility index (Phi) is 5.76. The van der Waals surface area contributed by atoms with Crippen LogP contribution in [-0.2, 0) is 15.4 Å². The van der Waals surface area contributed by atoms with Gasteiger partial charge in [0.05, 0.1) is 16.1 Å². The van der Waals surface area contributed by atoms with Gasteiger partial charge in [0, 0.05) is 20.8 Å². The first-order valence-corrected chi connectivity index (χ1v) is 12.3. The molecule has 146 valence electrons. The van der Waals surface area contributed by atoms with E-state index in [-0.39, 0.29) is 4.90 Å². The summed E-state index contributed by atoms with van der Waals surface area (Å²) in [6.07, 6.45) is 3.98. The van der Waals surface area contributed by atoms with Crippen molar-refractivity contribution in [2.75, 3.05) is 0 Å². The monoisotopic (exact) mass is 529 g/mol. The highest BCUT2D eigenvalue weighted by Crippen LogP contribution is 2.33. The molecule has 0 aliphatic carbocycles. The lowest BCUT2D eigenvalue weighted by atomic mass is 10.1. The molecule has 3 aromatic carbocycles. The molecule has 0 saturated heterocycles. The van der Waals surface area contributed by atoms with Gasteiger partial charge in [-0.2, -0.15) is 0 Å². The molecule has 4 rings (SSSR count). The third kappa shape index (κ3) is 3.72. The van der Waals surface area contributed by atoms with E-state index >= 15 is 0 Å². The number of alkyl halides is 1. The van der Waals surface area contributed by atoms with E-state index < -0.39 is 10.0 Å². The SMILES string of the molecule is O=S(=O)(c1ccccc1)n1c(CBr)c(/C=C/c2ccccc2Br)c2ccccc21. The van der Waals surface area contributed by atoms with E-state index in [0.29, 0.717) is 16.5 Å². The second-order valence-corrected chi connectivity index (χ2v) is 9.65. The number of hydrogen-bond donors (Lipinski definition) is 0. The molecule has 3 nitrogen and oxygen atoms in total. The number of rotatable bonds is 5. The molecule has 0 radical (unpaired) electrons. The molecule has 6 heteroatoms. The van der Waals surface area contributed by atoms with Crippen LogP contribution in [0, 0.1) is 0 Å². The normalized spacial score (nSPS) is 12.1. The third-order valence-corrected chi connectivity index (χ3v) is 7.73. The molecule has 0 bridgehead atoms. The Morgan fingerprint density at radius 3 is 2.21 bits per heavy atom. The summed E-state index contributed by atoms with van der Waals surface area (Å²) in [5.41, 5.74) is 3.26. The minimum Gasteiger partial charge on any atom is -0.236 e. The lowest BCUT2D eigenvalue weighted by Crippen LogP contribution is -2.15. The van der Waals surface area contributed by atoms with Gasteiger partial charge in [0.1, 0.15) is 0 Å². The van der Waals surface area contributed by atoms with Crippen LogP contribution in [0.3, 0.4) is 0 Å². The number of hydrogen-bond acceptors (Lipinski definition) is 2. The van der Waals surface area contributed by atoms with Gasteiger partial charge < -0.3 is 0 Å². The minimum absolute atomic E-state index is 0.268. The maximum atomic E-state index is 13.5. The first-order valence-electron chi connectivity index (χ1n) is 8.95. The predicted molar refractivity (Wildman–Crippen MR) is 127 cm³/mol. The molecule has 29 heavy (non-hydrogen) atoms. The molecular weight excluding hydrogens is 514 g/mol. The maximum Gasteiger partial charge on any atom is 0.268 e. The number of para-hydroxylation sites is 1. The van der Waals surface area contributed by atoms with E-state index in [1.54, 1.807) is 24.3 Å². The van der Waals surface area contributed by atoms with Gasteiger partial charge in [0.15, 0.2) is 0 Å². The van der Waals surface area contributed by atoms with Crippen LogP contribution in [0.4, 0.5) is 0 Å². The van der Waals surface area contributed by atoms with Gasteiger partial charge in [-0.1, -0.05) is 98.6 Å². The van der Waals surface area contributed by atoms with Gasteiger partial charge in [-0.25, -0.2) is 12.4 Å². The van der Waals surface area contributed by atoms with Crippen LogP contribution in [0.15, 0.2) is 88.2 Å². The van der Waals surface area contributed by atoms with Crippen molar-refractivity contribution in [1.29, 1.82) is 0 Å². The van der Waals surface area contributed by atoms with E-state index in [0.717, 1.165) is 21.0 Å². The number of nitrogens with zero attached hydrogens (tertiary/aromatic N) is 1. The van der Waals surface area contributed by atoms with Crippen molar-refractivity contribution in [3.63, 3.8) is 0 Å². The van der Waals surface area contributed by atoms with Gasteiger partial charge >= 0.3 is 0 Å². The van der Waals surface area contributed by atoms with Crippen molar-refractivity contribution in [2.45, 2.75) is 10.2 Å². The van der Waals surface area contributed by atoms with Crippen molar-refractivity contribution in [3.8, 4) is 0 Å². The first kappa shape index (κ1) is 20.1.